The fraction of sp³-hybridized carbons (Fsp3) is 0. The summed E-state index contributed by atoms with van der Waals surface area (Å²) in [6.07, 6.45) is 3.36. The molecule has 0 N–H and O–H groups in total. The molecule has 0 aliphatic carbocycles. The Bertz CT molecular complexity index is 341. The number of benzene rings is 1. The average molecular weight is 174 g/mol. The molecule has 0 spiro atoms. The van der Waals surface area contributed by atoms with Gasteiger partial charge in [-0.3, -0.25) is 4.79 Å². The fourth-order valence-corrected chi connectivity index (χ4v) is 1.70. The zero-order valence-electron chi connectivity index (χ0n) is 6.28. The summed E-state index contributed by atoms with van der Waals surface area (Å²) in [5.74, 6) is 2.63. The van der Waals surface area contributed by atoms with Gasteiger partial charge in [-0.1, -0.05) is 24.3 Å². The highest BCUT2D eigenvalue weighted by molar-refractivity contribution is 8.02. The molecule has 0 unspecified atom stereocenters. The van der Waals surface area contributed by atoms with Gasteiger partial charge in [0, 0.05) is 4.90 Å². The Morgan fingerprint density at radius 2 is 2.00 bits per heavy atom. The van der Waals surface area contributed by atoms with E-state index in [9.17, 15) is 4.79 Å². The molecule has 1 aliphatic heterocycles. The van der Waals surface area contributed by atoms with E-state index in [0.717, 1.165) is 10.5 Å². The van der Waals surface area contributed by atoms with Gasteiger partial charge >= 0.3 is 0 Å². The average Bonchev–Trinajstić information content (AvgIpc) is 2.29. The van der Waals surface area contributed by atoms with Crippen molar-refractivity contribution < 1.29 is 4.79 Å². The molecule has 12 heavy (non-hydrogen) atoms. The highest BCUT2D eigenvalue weighted by atomic mass is 32.2. The van der Waals surface area contributed by atoms with Gasteiger partial charge in [-0.05, 0) is 17.7 Å². The first kappa shape index (κ1) is 7.62. The molecule has 0 saturated carbocycles. The van der Waals surface area contributed by atoms with Gasteiger partial charge in [-0.15, -0.1) is 11.8 Å². The van der Waals surface area contributed by atoms with Crippen LogP contribution in [-0.2, 0) is 4.79 Å². The topological polar surface area (TPSA) is 17.1 Å². The number of fused-ring (bicyclic) bond motifs is 1. The maximum absolute atomic E-state index is 10.9. The number of hydrogen-bond donors (Lipinski definition) is 0. The molecule has 1 aromatic rings. The third kappa shape index (κ3) is 1.43. The summed E-state index contributed by atoms with van der Waals surface area (Å²) >= 11 is 1.36. The minimum Gasteiger partial charge on any atom is -0.293 e. The Balaban J connectivity index is 2.45. The molecule has 58 valence electrons. The van der Waals surface area contributed by atoms with Crippen LogP contribution in [0.15, 0.2) is 35.2 Å². The van der Waals surface area contributed by atoms with Crippen molar-refractivity contribution in [1.29, 1.82) is 0 Å². The number of thioether (sulfide) groups is 1. The summed E-state index contributed by atoms with van der Waals surface area (Å²) in [5, 5.41) is 0. The van der Waals surface area contributed by atoms with E-state index in [0.29, 0.717) is 0 Å². The normalized spacial score (nSPS) is 15.5. The molecule has 1 aromatic carbocycles. The number of ketones is 1. The highest BCUT2D eigenvalue weighted by Gasteiger charge is 2.08. The monoisotopic (exact) mass is 174 g/mol. The van der Waals surface area contributed by atoms with Gasteiger partial charge in [-0.25, -0.2) is 0 Å². The number of allylic oxidation sites excluding steroid dienone is 1. The van der Waals surface area contributed by atoms with E-state index >= 15 is 0 Å². The first-order chi connectivity index (χ1) is 5.86. The second kappa shape index (κ2) is 3.15. The van der Waals surface area contributed by atoms with Gasteiger partial charge in [0.25, 0.3) is 0 Å². The van der Waals surface area contributed by atoms with Gasteiger partial charge in [0.1, 0.15) is 5.75 Å². The largest absolute Gasteiger partial charge is 0.293 e. The summed E-state index contributed by atoms with van der Waals surface area (Å²) in [6, 6.07) is 7.88. The lowest BCUT2D eigenvalue weighted by molar-refractivity contribution is -0.110. The molecule has 0 fully saturated rings. The van der Waals surface area contributed by atoms with Gasteiger partial charge in [-0.2, -0.15) is 0 Å². The lowest BCUT2D eigenvalue weighted by Gasteiger charge is -1.98. The van der Waals surface area contributed by atoms with Crippen LogP contribution >= 0.6 is 11.8 Å². The van der Waals surface area contributed by atoms with Crippen LogP contribution in [0.3, 0.4) is 0 Å². The summed E-state index contributed by atoms with van der Waals surface area (Å²) in [5.41, 5.74) is 1.08. The second-order valence-electron chi connectivity index (χ2n) is 2.44. The second-order valence-corrected chi connectivity index (χ2v) is 3.29. The Labute approximate surface area is 75.5 Å². The maximum atomic E-state index is 10.9. The number of rotatable bonds is 0. The zero-order valence-corrected chi connectivity index (χ0v) is 7.10. The van der Waals surface area contributed by atoms with E-state index < -0.39 is 0 Å². The van der Waals surface area contributed by atoms with Crippen molar-refractivity contribution in [2.75, 3.05) is 0 Å². The summed E-state index contributed by atoms with van der Waals surface area (Å²) < 4.78 is 0. The third-order valence-electron chi connectivity index (χ3n) is 1.59. The molecule has 0 saturated heterocycles. The summed E-state index contributed by atoms with van der Waals surface area (Å²) in [7, 11) is 0. The standard InChI is InChI=1S/C10H6OS/c11-9-6-5-8-3-1-2-4-10(8)12-7-9/h1-6H. The predicted molar refractivity (Wildman–Crippen MR) is 49.6 cm³/mol. The summed E-state index contributed by atoms with van der Waals surface area (Å²) in [6.45, 7) is 0. The Hall–Kier alpha value is -1.02. The minimum atomic E-state index is -0.0591. The SMILES string of the molecule is O=C1[C]Sc2ccccc2C=C1. The number of carbonyl (C=O) groups is 1. The van der Waals surface area contributed by atoms with Crippen molar-refractivity contribution in [1.82, 2.24) is 0 Å². The smallest absolute Gasteiger partial charge is 0.176 e. The zero-order chi connectivity index (χ0) is 8.39. The molecular formula is C10H6OS. The van der Waals surface area contributed by atoms with Crippen LogP contribution in [0.4, 0.5) is 0 Å². The van der Waals surface area contributed by atoms with Crippen LogP contribution in [0.1, 0.15) is 5.56 Å². The molecule has 2 rings (SSSR count). The maximum Gasteiger partial charge on any atom is 0.176 e. The van der Waals surface area contributed by atoms with E-state index in [1.807, 2.05) is 30.3 Å². The lowest BCUT2D eigenvalue weighted by atomic mass is 10.2. The van der Waals surface area contributed by atoms with Gasteiger partial charge < -0.3 is 0 Å². The predicted octanol–water partition coefficient (Wildman–Crippen LogP) is 2.41. The molecule has 2 heteroatoms. The first-order valence-electron chi connectivity index (χ1n) is 3.60. The van der Waals surface area contributed by atoms with Crippen molar-refractivity contribution in [2.45, 2.75) is 4.90 Å². The van der Waals surface area contributed by atoms with E-state index in [4.69, 9.17) is 0 Å². The molecule has 0 bridgehead atoms. The third-order valence-corrected chi connectivity index (χ3v) is 2.49. The quantitative estimate of drug-likeness (QED) is 0.600. The number of hydrogen-bond acceptors (Lipinski definition) is 2. The summed E-state index contributed by atoms with van der Waals surface area (Å²) in [4.78, 5) is 12.0. The van der Waals surface area contributed by atoms with Crippen LogP contribution in [-0.4, -0.2) is 5.78 Å². The van der Waals surface area contributed by atoms with E-state index in [-0.39, 0.29) is 5.78 Å². The van der Waals surface area contributed by atoms with Crippen molar-refractivity contribution >= 4 is 23.6 Å². The van der Waals surface area contributed by atoms with Gasteiger partial charge in [0.05, 0.1) is 0 Å². The van der Waals surface area contributed by atoms with Gasteiger partial charge in [0.15, 0.2) is 5.78 Å². The van der Waals surface area contributed by atoms with Crippen LogP contribution < -0.4 is 0 Å². The fourth-order valence-electron chi connectivity index (χ4n) is 1.02. The van der Waals surface area contributed by atoms with Crippen LogP contribution in [0.2, 0.25) is 0 Å². The highest BCUT2D eigenvalue weighted by Crippen LogP contribution is 2.28. The van der Waals surface area contributed by atoms with Crippen LogP contribution in [0.25, 0.3) is 6.08 Å². The molecule has 1 heterocycles. The molecule has 2 radical (unpaired) electrons. The lowest BCUT2D eigenvalue weighted by Crippen LogP contribution is -1.85. The van der Waals surface area contributed by atoms with Crippen LogP contribution in [0.5, 0.6) is 0 Å². The first-order valence-corrected chi connectivity index (χ1v) is 4.42. The van der Waals surface area contributed by atoms with E-state index in [1.54, 1.807) is 6.08 Å². The molecule has 0 aromatic heterocycles. The van der Waals surface area contributed by atoms with E-state index in [1.165, 1.54) is 11.8 Å². The van der Waals surface area contributed by atoms with Gasteiger partial charge in [0.2, 0.25) is 0 Å². The Morgan fingerprint density at radius 3 is 2.92 bits per heavy atom. The van der Waals surface area contributed by atoms with Crippen molar-refractivity contribution in [3.63, 3.8) is 0 Å². The van der Waals surface area contributed by atoms with Crippen molar-refractivity contribution in [3.8, 4) is 0 Å². The van der Waals surface area contributed by atoms with Crippen molar-refractivity contribution in [3.05, 3.63) is 41.7 Å². The Kier molecular flexibility index (Phi) is 2.00. The van der Waals surface area contributed by atoms with Crippen LogP contribution in [0, 0.1) is 5.75 Å². The Morgan fingerprint density at radius 1 is 1.17 bits per heavy atom. The molecule has 0 amide bonds. The molecule has 0 atom stereocenters. The molecule has 1 nitrogen and oxygen atoms in total. The molecule has 1 aliphatic rings. The van der Waals surface area contributed by atoms with Crippen molar-refractivity contribution in [2.24, 2.45) is 0 Å². The van der Waals surface area contributed by atoms with E-state index in [2.05, 4.69) is 5.75 Å². The number of carbonyl (C=O) groups excluding carboxylic acids is 1. The minimum absolute atomic E-state index is 0.0591. The molecular weight excluding hydrogens is 168 g/mol.